The summed E-state index contributed by atoms with van der Waals surface area (Å²) in [7, 11) is 0. The molecule has 0 aromatic heterocycles. The average molecular weight is 252 g/mol. The molecule has 0 saturated heterocycles. The molecule has 2 heteroatoms. The molecular formula is C17H16O2. The highest BCUT2D eigenvalue weighted by Crippen LogP contribution is 2.43. The minimum Gasteiger partial charge on any atom is -0.299 e. The summed E-state index contributed by atoms with van der Waals surface area (Å²) >= 11 is 0. The van der Waals surface area contributed by atoms with Gasteiger partial charge in [-0.3, -0.25) is 9.59 Å². The fraction of sp³-hybridized carbons (Fsp3) is 0.294. The lowest BCUT2D eigenvalue weighted by Gasteiger charge is -2.08. The van der Waals surface area contributed by atoms with Gasteiger partial charge in [0.2, 0.25) is 0 Å². The van der Waals surface area contributed by atoms with Crippen LogP contribution in [0.4, 0.5) is 0 Å². The van der Waals surface area contributed by atoms with Crippen LogP contribution in [-0.2, 0) is 9.59 Å². The Kier molecular flexibility index (Phi) is 2.74. The normalized spacial score (nSPS) is 21.7. The molecule has 0 aliphatic heterocycles. The minimum atomic E-state index is -0.195. The summed E-state index contributed by atoms with van der Waals surface area (Å²) in [5.41, 5.74) is 5.04. The van der Waals surface area contributed by atoms with Crippen molar-refractivity contribution in [1.29, 1.82) is 0 Å². The molecule has 1 unspecified atom stereocenters. The van der Waals surface area contributed by atoms with Crippen molar-refractivity contribution >= 4 is 17.1 Å². The van der Waals surface area contributed by atoms with Crippen LogP contribution in [0.1, 0.15) is 43.7 Å². The van der Waals surface area contributed by atoms with E-state index in [2.05, 4.69) is 0 Å². The van der Waals surface area contributed by atoms with Gasteiger partial charge in [-0.15, -0.1) is 0 Å². The fourth-order valence-corrected chi connectivity index (χ4v) is 3.08. The van der Waals surface area contributed by atoms with Gasteiger partial charge in [0.05, 0.1) is 5.92 Å². The number of carbonyl (C=O) groups excluding carboxylic acids is 2. The second kappa shape index (κ2) is 4.30. The van der Waals surface area contributed by atoms with Gasteiger partial charge in [-0.05, 0) is 37.0 Å². The van der Waals surface area contributed by atoms with E-state index in [1.807, 2.05) is 37.3 Å². The number of carbonyl (C=O) groups is 2. The van der Waals surface area contributed by atoms with Gasteiger partial charge in [-0.25, -0.2) is 0 Å². The lowest BCUT2D eigenvalue weighted by Crippen LogP contribution is -2.03. The molecule has 96 valence electrons. The first-order valence-electron chi connectivity index (χ1n) is 6.64. The lowest BCUT2D eigenvalue weighted by atomic mass is 9.95. The van der Waals surface area contributed by atoms with Gasteiger partial charge in [-0.1, -0.05) is 35.9 Å². The molecule has 0 bridgehead atoms. The number of hydrogen-bond donors (Lipinski definition) is 0. The van der Waals surface area contributed by atoms with Crippen molar-refractivity contribution in [2.24, 2.45) is 0 Å². The highest BCUT2D eigenvalue weighted by atomic mass is 16.1. The summed E-state index contributed by atoms with van der Waals surface area (Å²) in [5, 5.41) is 0. The number of Topliss-reactive ketones (excluding diaryl/α,β-unsaturated/α-hetero) is 2. The van der Waals surface area contributed by atoms with Crippen molar-refractivity contribution in [3.63, 3.8) is 0 Å². The van der Waals surface area contributed by atoms with Crippen molar-refractivity contribution in [2.75, 3.05) is 0 Å². The molecule has 0 amide bonds. The van der Waals surface area contributed by atoms with Crippen LogP contribution in [0.3, 0.4) is 0 Å². The maximum Gasteiger partial charge on any atom is 0.163 e. The molecule has 0 heterocycles. The quantitative estimate of drug-likeness (QED) is 0.808. The number of ketones is 2. The summed E-state index contributed by atoms with van der Waals surface area (Å²) in [4.78, 5) is 23.9. The largest absolute Gasteiger partial charge is 0.299 e. The zero-order valence-corrected chi connectivity index (χ0v) is 11.2. The molecule has 2 aliphatic carbocycles. The summed E-state index contributed by atoms with van der Waals surface area (Å²) in [6, 6.07) is 7.91. The van der Waals surface area contributed by atoms with E-state index in [9.17, 15) is 9.59 Å². The van der Waals surface area contributed by atoms with Crippen molar-refractivity contribution in [2.45, 2.75) is 32.6 Å². The summed E-state index contributed by atoms with van der Waals surface area (Å²) in [6.45, 7) is 3.63. The van der Waals surface area contributed by atoms with Crippen LogP contribution in [0.2, 0.25) is 0 Å². The van der Waals surface area contributed by atoms with Crippen molar-refractivity contribution < 1.29 is 9.59 Å². The Labute approximate surface area is 112 Å². The van der Waals surface area contributed by atoms with Crippen LogP contribution in [-0.4, -0.2) is 11.6 Å². The maximum atomic E-state index is 12.1. The number of rotatable bonds is 2. The van der Waals surface area contributed by atoms with Crippen molar-refractivity contribution in [1.82, 2.24) is 0 Å². The van der Waals surface area contributed by atoms with E-state index < -0.39 is 0 Å². The Bertz CT molecular complexity index is 647. The third-order valence-corrected chi connectivity index (χ3v) is 4.06. The van der Waals surface area contributed by atoms with Gasteiger partial charge in [-0.2, -0.15) is 0 Å². The van der Waals surface area contributed by atoms with Crippen LogP contribution in [0.15, 0.2) is 41.5 Å². The molecule has 0 radical (unpaired) electrons. The zero-order chi connectivity index (χ0) is 13.6. The molecule has 19 heavy (non-hydrogen) atoms. The van der Waals surface area contributed by atoms with Crippen LogP contribution in [0.25, 0.3) is 5.57 Å². The molecule has 0 fully saturated rings. The van der Waals surface area contributed by atoms with E-state index >= 15 is 0 Å². The highest BCUT2D eigenvalue weighted by molar-refractivity contribution is 6.15. The number of benzene rings is 1. The number of fused-ring (bicyclic) bond motifs is 1. The molecule has 0 spiro atoms. The van der Waals surface area contributed by atoms with E-state index in [1.165, 1.54) is 0 Å². The van der Waals surface area contributed by atoms with E-state index in [0.717, 1.165) is 34.3 Å². The van der Waals surface area contributed by atoms with E-state index in [1.54, 1.807) is 6.92 Å². The van der Waals surface area contributed by atoms with E-state index in [-0.39, 0.29) is 17.5 Å². The zero-order valence-electron chi connectivity index (χ0n) is 11.2. The number of allylic oxidation sites excluding steroid dienone is 4. The van der Waals surface area contributed by atoms with E-state index in [0.29, 0.717) is 6.42 Å². The molecule has 3 rings (SSSR count). The number of hydrogen-bond acceptors (Lipinski definition) is 2. The van der Waals surface area contributed by atoms with Gasteiger partial charge < -0.3 is 0 Å². The first-order chi connectivity index (χ1) is 9.09. The Morgan fingerprint density at radius 2 is 1.95 bits per heavy atom. The second-order valence-electron chi connectivity index (χ2n) is 5.33. The Morgan fingerprint density at radius 1 is 1.21 bits per heavy atom. The molecule has 2 nitrogen and oxygen atoms in total. The lowest BCUT2D eigenvalue weighted by molar-refractivity contribution is -0.117. The third kappa shape index (κ3) is 1.79. The highest BCUT2D eigenvalue weighted by Gasteiger charge is 2.32. The third-order valence-electron chi connectivity index (χ3n) is 4.06. The Morgan fingerprint density at radius 3 is 2.58 bits per heavy atom. The molecule has 0 N–H and O–H groups in total. The molecular weight excluding hydrogens is 236 g/mol. The van der Waals surface area contributed by atoms with Gasteiger partial charge in [0.1, 0.15) is 5.78 Å². The van der Waals surface area contributed by atoms with Gasteiger partial charge >= 0.3 is 0 Å². The monoisotopic (exact) mass is 252 g/mol. The molecule has 0 saturated carbocycles. The second-order valence-corrected chi connectivity index (χ2v) is 5.33. The summed E-state index contributed by atoms with van der Waals surface area (Å²) in [6.07, 6.45) is 3.42. The topological polar surface area (TPSA) is 34.1 Å². The van der Waals surface area contributed by atoms with Gasteiger partial charge in [0, 0.05) is 12.0 Å². The fourth-order valence-electron chi connectivity index (χ4n) is 3.08. The smallest absolute Gasteiger partial charge is 0.163 e. The maximum absolute atomic E-state index is 12.1. The van der Waals surface area contributed by atoms with Crippen LogP contribution in [0, 0.1) is 0 Å². The first-order valence-corrected chi connectivity index (χ1v) is 6.64. The van der Waals surface area contributed by atoms with Gasteiger partial charge in [0.25, 0.3) is 0 Å². The summed E-state index contributed by atoms with van der Waals surface area (Å²) < 4.78 is 0. The van der Waals surface area contributed by atoms with E-state index in [4.69, 9.17) is 0 Å². The van der Waals surface area contributed by atoms with Crippen LogP contribution >= 0.6 is 0 Å². The Balaban J connectivity index is 2.18. The van der Waals surface area contributed by atoms with Crippen molar-refractivity contribution in [3.8, 4) is 0 Å². The minimum absolute atomic E-state index is 0.131. The predicted octanol–water partition coefficient (Wildman–Crippen LogP) is 3.44. The van der Waals surface area contributed by atoms with Gasteiger partial charge in [0.15, 0.2) is 5.78 Å². The molecule has 1 atom stereocenters. The SMILES string of the molecule is CC(=O)C1C=C(C2=C(C)CCC2=O)c2ccccc21. The van der Waals surface area contributed by atoms with Crippen LogP contribution < -0.4 is 0 Å². The average Bonchev–Trinajstić information content (AvgIpc) is 2.91. The summed E-state index contributed by atoms with van der Waals surface area (Å²) in [5.74, 6) is 0.147. The molecule has 2 aliphatic rings. The van der Waals surface area contributed by atoms with Crippen molar-refractivity contribution in [3.05, 3.63) is 52.6 Å². The van der Waals surface area contributed by atoms with Crippen LogP contribution in [0.5, 0.6) is 0 Å². The molecule has 1 aromatic carbocycles. The predicted molar refractivity (Wildman–Crippen MR) is 74.8 cm³/mol. The Hall–Kier alpha value is -1.96. The standard InChI is InChI=1S/C17H16O2/c1-10-7-8-16(19)17(10)15-9-14(11(2)18)12-5-3-4-6-13(12)15/h3-6,9,14H,7-8H2,1-2H3. The first kappa shape index (κ1) is 12.1. The molecule has 1 aromatic rings.